The third-order valence-corrected chi connectivity index (χ3v) is 3.86. The van der Waals surface area contributed by atoms with Crippen LogP contribution in [0.5, 0.6) is 0 Å². The average molecular weight is 331 g/mol. The minimum atomic E-state index is -4.33. The van der Waals surface area contributed by atoms with E-state index in [-0.39, 0.29) is 0 Å². The first-order chi connectivity index (χ1) is 11.4. The molecule has 0 amide bonds. The molecule has 0 unspecified atom stereocenters. The van der Waals surface area contributed by atoms with E-state index >= 15 is 0 Å². The number of aromatic nitrogens is 2. The van der Waals surface area contributed by atoms with Gasteiger partial charge in [-0.05, 0) is 41.0 Å². The first kappa shape index (κ1) is 16.3. The van der Waals surface area contributed by atoms with Gasteiger partial charge >= 0.3 is 6.18 Å². The molecule has 0 aliphatic rings. The minimum absolute atomic E-state index is 0.360. The van der Waals surface area contributed by atoms with Crippen LogP contribution < -0.4 is 5.73 Å². The summed E-state index contributed by atoms with van der Waals surface area (Å²) in [5.74, 6) is 0. The fraction of sp³-hybridized carbons (Fsp3) is 0.167. The van der Waals surface area contributed by atoms with Crippen molar-refractivity contribution in [1.82, 2.24) is 9.78 Å². The molecule has 124 valence electrons. The van der Waals surface area contributed by atoms with Gasteiger partial charge in [0, 0.05) is 25.4 Å². The highest BCUT2D eigenvalue weighted by atomic mass is 19.4. The number of aryl methyl sites for hydroxylation is 1. The second-order valence-corrected chi connectivity index (χ2v) is 5.53. The van der Waals surface area contributed by atoms with Crippen molar-refractivity contribution in [3.05, 3.63) is 65.9 Å². The Bertz CT molecular complexity index is 849. The van der Waals surface area contributed by atoms with Gasteiger partial charge < -0.3 is 5.73 Å². The van der Waals surface area contributed by atoms with Crippen LogP contribution in [0.3, 0.4) is 0 Å². The van der Waals surface area contributed by atoms with Crippen molar-refractivity contribution < 1.29 is 13.2 Å². The fourth-order valence-corrected chi connectivity index (χ4v) is 2.58. The number of nitrogens with zero attached hydrogens (tertiary/aromatic N) is 2. The summed E-state index contributed by atoms with van der Waals surface area (Å²) in [4.78, 5) is 0. The number of nitrogens with two attached hydrogens (primary N) is 1. The van der Waals surface area contributed by atoms with Gasteiger partial charge in [0.15, 0.2) is 0 Å². The van der Waals surface area contributed by atoms with E-state index in [1.807, 2.05) is 37.5 Å². The second kappa shape index (κ2) is 6.13. The fourth-order valence-electron chi connectivity index (χ4n) is 2.58. The van der Waals surface area contributed by atoms with E-state index in [1.165, 1.54) is 12.1 Å². The molecule has 3 aromatic rings. The summed E-state index contributed by atoms with van der Waals surface area (Å²) >= 11 is 0. The van der Waals surface area contributed by atoms with Crippen LogP contribution in [-0.4, -0.2) is 9.78 Å². The standard InChI is InChI=1S/C18H16F3N3/c1-24-9-8-17(23-24)16-10-13(2-3-14(16)11-22)12-4-6-15(7-5-12)18(19,20)21/h2-10H,11,22H2,1H3. The molecule has 0 saturated heterocycles. The summed E-state index contributed by atoms with van der Waals surface area (Å²) in [5, 5.41) is 4.38. The third kappa shape index (κ3) is 3.19. The maximum absolute atomic E-state index is 12.7. The van der Waals surface area contributed by atoms with Crippen molar-refractivity contribution >= 4 is 0 Å². The molecule has 0 radical (unpaired) electrons. The lowest BCUT2D eigenvalue weighted by Crippen LogP contribution is -2.04. The van der Waals surface area contributed by atoms with Crippen LogP contribution in [0.1, 0.15) is 11.1 Å². The molecule has 3 rings (SSSR count). The Morgan fingerprint density at radius 2 is 1.67 bits per heavy atom. The zero-order chi connectivity index (χ0) is 17.3. The van der Waals surface area contributed by atoms with Crippen molar-refractivity contribution in [1.29, 1.82) is 0 Å². The molecule has 2 aromatic carbocycles. The molecule has 2 N–H and O–H groups in total. The number of benzene rings is 2. The van der Waals surface area contributed by atoms with Crippen LogP contribution in [0.2, 0.25) is 0 Å². The van der Waals surface area contributed by atoms with Crippen LogP contribution in [0.15, 0.2) is 54.7 Å². The second-order valence-electron chi connectivity index (χ2n) is 5.53. The quantitative estimate of drug-likeness (QED) is 0.780. The Balaban J connectivity index is 2.03. The highest BCUT2D eigenvalue weighted by Crippen LogP contribution is 2.32. The van der Waals surface area contributed by atoms with Crippen molar-refractivity contribution in [2.75, 3.05) is 0 Å². The monoisotopic (exact) mass is 331 g/mol. The van der Waals surface area contributed by atoms with Crippen molar-refractivity contribution in [3.63, 3.8) is 0 Å². The van der Waals surface area contributed by atoms with Gasteiger partial charge in [0.25, 0.3) is 0 Å². The lowest BCUT2D eigenvalue weighted by Gasteiger charge is -2.11. The molecule has 0 aliphatic carbocycles. The molecule has 0 atom stereocenters. The lowest BCUT2D eigenvalue weighted by atomic mass is 9.97. The molecular weight excluding hydrogens is 315 g/mol. The van der Waals surface area contributed by atoms with Crippen LogP contribution in [0.4, 0.5) is 13.2 Å². The first-order valence-corrected chi connectivity index (χ1v) is 7.39. The van der Waals surface area contributed by atoms with Gasteiger partial charge in [-0.1, -0.05) is 24.3 Å². The van der Waals surface area contributed by atoms with Gasteiger partial charge in [0.1, 0.15) is 0 Å². The summed E-state index contributed by atoms with van der Waals surface area (Å²) in [6, 6.07) is 12.7. The van der Waals surface area contributed by atoms with Gasteiger partial charge in [-0.2, -0.15) is 18.3 Å². The Hall–Kier alpha value is -2.60. The molecule has 6 heteroatoms. The maximum atomic E-state index is 12.7. The van der Waals surface area contributed by atoms with Crippen molar-refractivity contribution in [3.8, 4) is 22.4 Å². The van der Waals surface area contributed by atoms with Crippen molar-refractivity contribution in [2.45, 2.75) is 12.7 Å². The minimum Gasteiger partial charge on any atom is -0.326 e. The summed E-state index contributed by atoms with van der Waals surface area (Å²) in [6.07, 6.45) is -2.50. The molecule has 24 heavy (non-hydrogen) atoms. The Kier molecular flexibility index (Phi) is 4.15. The largest absolute Gasteiger partial charge is 0.416 e. The predicted molar refractivity (Wildman–Crippen MR) is 87.0 cm³/mol. The highest BCUT2D eigenvalue weighted by molar-refractivity contribution is 5.74. The average Bonchev–Trinajstić information content (AvgIpc) is 3.00. The van der Waals surface area contributed by atoms with E-state index in [2.05, 4.69) is 5.10 Å². The number of halogens is 3. The summed E-state index contributed by atoms with van der Waals surface area (Å²) in [6.45, 7) is 0.360. The highest BCUT2D eigenvalue weighted by Gasteiger charge is 2.29. The lowest BCUT2D eigenvalue weighted by molar-refractivity contribution is -0.137. The SMILES string of the molecule is Cn1ccc(-c2cc(-c3ccc(C(F)(F)F)cc3)ccc2CN)n1. The molecule has 0 aliphatic heterocycles. The number of alkyl halides is 3. The van der Waals surface area contributed by atoms with E-state index in [4.69, 9.17) is 5.73 Å². The molecule has 1 aromatic heterocycles. The van der Waals surface area contributed by atoms with Gasteiger partial charge in [-0.15, -0.1) is 0 Å². The number of rotatable bonds is 3. The topological polar surface area (TPSA) is 43.8 Å². The van der Waals surface area contributed by atoms with E-state index in [0.29, 0.717) is 12.1 Å². The van der Waals surface area contributed by atoms with E-state index < -0.39 is 11.7 Å². The van der Waals surface area contributed by atoms with E-state index in [0.717, 1.165) is 34.5 Å². The molecule has 0 bridgehead atoms. The predicted octanol–water partition coefficient (Wildman–Crippen LogP) is 4.23. The summed E-state index contributed by atoms with van der Waals surface area (Å²) in [7, 11) is 1.82. The molecule has 0 spiro atoms. The molecular formula is C18H16F3N3. The first-order valence-electron chi connectivity index (χ1n) is 7.39. The summed E-state index contributed by atoms with van der Waals surface area (Å²) in [5.41, 5.74) is 9.27. The maximum Gasteiger partial charge on any atom is 0.416 e. The van der Waals surface area contributed by atoms with Gasteiger partial charge in [-0.3, -0.25) is 4.68 Å². The van der Waals surface area contributed by atoms with Crippen LogP contribution in [0.25, 0.3) is 22.4 Å². The Morgan fingerprint density at radius 3 is 2.21 bits per heavy atom. The van der Waals surface area contributed by atoms with Gasteiger partial charge in [-0.25, -0.2) is 0 Å². The van der Waals surface area contributed by atoms with Crippen LogP contribution >= 0.6 is 0 Å². The zero-order valence-electron chi connectivity index (χ0n) is 13.0. The third-order valence-electron chi connectivity index (χ3n) is 3.86. The van der Waals surface area contributed by atoms with Gasteiger partial charge in [0.2, 0.25) is 0 Å². The van der Waals surface area contributed by atoms with E-state index in [1.54, 1.807) is 4.68 Å². The molecule has 1 heterocycles. The molecule has 3 nitrogen and oxygen atoms in total. The smallest absolute Gasteiger partial charge is 0.326 e. The Labute approximate surface area is 137 Å². The summed E-state index contributed by atoms with van der Waals surface area (Å²) < 4.78 is 39.7. The zero-order valence-corrected chi connectivity index (χ0v) is 13.0. The number of hydrogen-bond acceptors (Lipinski definition) is 2. The van der Waals surface area contributed by atoms with Gasteiger partial charge in [0.05, 0.1) is 11.3 Å². The molecule has 0 fully saturated rings. The molecule has 0 saturated carbocycles. The Morgan fingerprint density at radius 1 is 1.00 bits per heavy atom. The van der Waals surface area contributed by atoms with Crippen LogP contribution in [-0.2, 0) is 19.8 Å². The normalized spacial score (nSPS) is 11.7. The van der Waals surface area contributed by atoms with Crippen LogP contribution in [0, 0.1) is 0 Å². The number of hydrogen-bond donors (Lipinski definition) is 1. The van der Waals surface area contributed by atoms with Crippen molar-refractivity contribution in [2.24, 2.45) is 12.8 Å². The van der Waals surface area contributed by atoms with E-state index in [9.17, 15) is 13.2 Å².